The summed E-state index contributed by atoms with van der Waals surface area (Å²) in [5.41, 5.74) is 6.23. The van der Waals surface area contributed by atoms with E-state index in [1.54, 1.807) is 32.9 Å². The number of carbonyl (C=O) groups is 1. The summed E-state index contributed by atoms with van der Waals surface area (Å²) in [5.74, 6) is 0.158. The first-order chi connectivity index (χ1) is 22.2. The molecule has 256 valence electrons. The summed E-state index contributed by atoms with van der Waals surface area (Å²) in [6, 6.07) is 14.5. The van der Waals surface area contributed by atoms with Gasteiger partial charge in [0.25, 0.3) is 0 Å². The molecule has 0 unspecified atom stereocenters. The average molecular weight is 650 g/mol. The van der Waals surface area contributed by atoms with Crippen molar-refractivity contribution >= 4 is 11.7 Å². The van der Waals surface area contributed by atoms with Crippen LogP contribution in [0, 0.1) is 24.1 Å². The van der Waals surface area contributed by atoms with E-state index in [1.807, 2.05) is 31.2 Å². The Morgan fingerprint density at radius 3 is 2.26 bits per heavy atom. The molecular formula is C38H52FN3O5. The zero-order valence-electron chi connectivity index (χ0n) is 28.9. The van der Waals surface area contributed by atoms with Crippen LogP contribution in [0.5, 0.6) is 5.75 Å². The number of aryl methyl sites for hydroxylation is 1. The highest BCUT2D eigenvalue weighted by molar-refractivity contribution is 5.86. The highest BCUT2D eigenvalue weighted by Crippen LogP contribution is 2.42. The van der Waals surface area contributed by atoms with E-state index in [1.165, 1.54) is 12.1 Å². The molecule has 0 bridgehead atoms. The number of anilines is 1. The molecule has 8 nitrogen and oxygen atoms in total. The number of nitrogens with one attached hydrogen (secondary N) is 1. The van der Waals surface area contributed by atoms with Crippen molar-refractivity contribution in [1.82, 2.24) is 10.3 Å². The van der Waals surface area contributed by atoms with Crippen LogP contribution in [0.4, 0.5) is 10.1 Å². The van der Waals surface area contributed by atoms with Crippen molar-refractivity contribution < 1.29 is 28.9 Å². The maximum Gasteiger partial charge on any atom is 0.307 e. The monoisotopic (exact) mass is 649 g/mol. The number of aliphatic carboxylic acids is 1. The molecule has 0 amide bonds. The van der Waals surface area contributed by atoms with Gasteiger partial charge in [-0.2, -0.15) is 0 Å². The van der Waals surface area contributed by atoms with Crippen molar-refractivity contribution in [3.63, 3.8) is 0 Å². The second kappa shape index (κ2) is 16.0. The van der Waals surface area contributed by atoms with Gasteiger partial charge in [0, 0.05) is 55.3 Å². The molecule has 0 radical (unpaired) electrons. The maximum absolute atomic E-state index is 13.2. The summed E-state index contributed by atoms with van der Waals surface area (Å²) in [7, 11) is 0. The minimum atomic E-state index is -0.856. The predicted molar refractivity (Wildman–Crippen MR) is 185 cm³/mol. The first kappa shape index (κ1) is 36.3. The molecule has 0 spiro atoms. The normalized spacial score (nSPS) is 16.2. The SMILES string of the molecule is CC(C)(C)O.Cc1nc(CNCC2COC2)c(-c2ccc(OCCc3ccc(F)cc3)cc2)c(N2CCC(C)(C)CC2)c1CC(=O)O. The molecule has 2 fully saturated rings. The Labute approximate surface area is 279 Å². The number of pyridine rings is 1. The van der Waals surface area contributed by atoms with Crippen LogP contribution in [0.2, 0.25) is 0 Å². The number of carboxylic acids is 1. The van der Waals surface area contributed by atoms with Gasteiger partial charge >= 0.3 is 5.97 Å². The van der Waals surface area contributed by atoms with Crippen molar-refractivity contribution in [3.8, 4) is 16.9 Å². The van der Waals surface area contributed by atoms with Gasteiger partial charge in [-0.25, -0.2) is 4.39 Å². The number of aromatic nitrogens is 1. The lowest BCUT2D eigenvalue weighted by atomic mass is 9.82. The number of piperidine rings is 1. The Hall–Kier alpha value is -3.53. The molecule has 9 heteroatoms. The molecule has 2 saturated heterocycles. The molecule has 1 aromatic heterocycles. The number of ether oxygens (including phenoxy) is 2. The lowest BCUT2D eigenvalue weighted by molar-refractivity contribution is -0.136. The summed E-state index contributed by atoms with van der Waals surface area (Å²) in [5, 5.41) is 22.0. The molecule has 0 saturated carbocycles. The Bertz CT molecular complexity index is 1450. The molecule has 47 heavy (non-hydrogen) atoms. The quantitative estimate of drug-likeness (QED) is 0.202. The van der Waals surface area contributed by atoms with Crippen LogP contribution in [0.1, 0.15) is 70.0 Å². The smallest absolute Gasteiger partial charge is 0.307 e. The van der Waals surface area contributed by atoms with E-state index in [2.05, 4.69) is 24.1 Å². The van der Waals surface area contributed by atoms with E-state index in [4.69, 9.17) is 19.6 Å². The summed E-state index contributed by atoms with van der Waals surface area (Å²) in [4.78, 5) is 19.4. The minimum Gasteiger partial charge on any atom is -0.493 e. The Kier molecular flexibility index (Phi) is 12.4. The van der Waals surface area contributed by atoms with Crippen molar-refractivity contribution in [1.29, 1.82) is 0 Å². The van der Waals surface area contributed by atoms with Crippen LogP contribution in [-0.4, -0.2) is 66.2 Å². The standard InChI is InChI=1S/C34H42FN3O4.C4H10O/c1-23-29(18-31(39)40)33(38-15-13-34(2,3)14-16-38)32(30(37-23)20-36-19-25-21-41-22-25)26-6-10-28(11-7-26)42-17-12-24-4-8-27(35)9-5-24;1-4(2,3)5/h4-11,25,36H,12-22H2,1-3H3,(H,39,40);5H,1-3H3. The van der Waals surface area contributed by atoms with Gasteiger partial charge in [0.2, 0.25) is 0 Å². The highest BCUT2D eigenvalue weighted by atomic mass is 19.1. The predicted octanol–water partition coefficient (Wildman–Crippen LogP) is 6.58. The van der Waals surface area contributed by atoms with Gasteiger partial charge in [-0.15, -0.1) is 0 Å². The van der Waals surface area contributed by atoms with Gasteiger partial charge in [0.1, 0.15) is 11.6 Å². The molecule has 2 aliphatic rings. The van der Waals surface area contributed by atoms with Crippen molar-refractivity contribution in [2.24, 2.45) is 11.3 Å². The molecule has 0 atom stereocenters. The molecule has 2 aromatic carbocycles. The number of rotatable bonds is 12. The van der Waals surface area contributed by atoms with Crippen molar-refractivity contribution in [3.05, 3.63) is 76.9 Å². The maximum atomic E-state index is 13.2. The topological polar surface area (TPSA) is 104 Å². The van der Waals surface area contributed by atoms with Gasteiger partial charge in [-0.3, -0.25) is 9.78 Å². The van der Waals surface area contributed by atoms with Crippen molar-refractivity contribution in [2.75, 3.05) is 44.4 Å². The number of halogens is 1. The van der Waals surface area contributed by atoms with E-state index in [-0.39, 0.29) is 17.7 Å². The first-order valence-corrected chi connectivity index (χ1v) is 16.7. The second-order valence-electron chi connectivity index (χ2n) is 14.5. The number of hydrogen-bond donors (Lipinski definition) is 3. The fourth-order valence-corrected chi connectivity index (χ4v) is 5.72. The lowest BCUT2D eigenvalue weighted by Gasteiger charge is -2.40. The van der Waals surface area contributed by atoms with Crippen LogP contribution >= 0.6 is 0 Å². The summed E-state index contributed by atoms with van der Waals surface area (Å²) >= 11 is 0. The molecule has 3 heterocycles. The molecule has 3 aromatic rings. The minimum absolute atomic E-state index is 0.0707. The number of hydrogen-bond acceptors (Lipinski definition) is 7. The molecule has 5 rings (SSSR count). The fourth-order valence-electron chi connectivity index (χ4n) is 5.72. The first-order valence-electron chi connectivity index (χ1n) is 16.7. The highest BCUT2D eigenvalue weighted by Gasteiger charge is 2.31. The van der Waals surface area contributed by atoms with Gasteiger partial charge in [-0.1, -0.05) is 38.1 Å². The van der Waals surface area contributed by atoms with E-state index < -0.39 is 11.6 Å². The average Bonchev–Trinajstić information content (AvgIpc) is 2.96. The number of carboxylic acid groups (broad SMARTS) is 1. The van der Waals surface area contributed by atoms with Crippen LogP contribution in [0.15, 0.2) is 48.5 Å². The summed E-state index contributed by atoms with van der Waals surface area (Å²) < 4.78 is 24.6. The van der Waals surface area contributed by atoms with E-state index >= 15 is 0 Å². The van der Waals surface area contributed by atoms with Gasteiger partial charge in [0.05, 0.1) is 43.2 Å². The van der Waals surface area contributed by atoms with Crippen LogP contribution in [0.3, 0.4) is 0 Å². The zero-order valence-corrected chi connectivity index (χ0v) is 28.9. The summed E-state index contributed by atoms with van der Waals surface area (Å²) in [6.07, 6.45) is 2.69. The Morgan fingerprint density at radius 2 is 1.70 bits per heavy atom. The van der Waals surface area contributed by atoms with Crippen LogP contribution in [-0.2, 0) is 28.9 Å². The zero-order chi connectivity index (χ0) is 34.2. The third-order valence-electron chi connectivity index (χ3n) is 8.46. The molecule has 2 aliphatic heterocycles. The van der Waals surface area contributed by atoms with E-state index in [9.17, 15) is 14.3 Å². The number of aliphatic hydroxyl groups is 1. The second-order valence-corrected chi connectivity index (χ2v) is 14.5. The van der Waals surface area contributed by atoms with E-state index in [0.29, 0.717) is 25.5 Å². The molecule has 3 N–H and O–H groups in total. The van der Waals surface area contributed by atoms with Gasteiger partial charge in [-0.05, 0) is 81.3 Å². The number of nitrogens with zero attached hydrogens (tertiary/aromatic N) is 2. The summed E-state index contributed by atoms with van der Waals surface area (Å²) in [6.45, 7) is 17.0. The Morgan fingerprint density at radius 1 is 1.09 bits per heavy atom. The molecular weight excluding hydrogens is 597 g/mol. The van der Waals surface area contributed by atoms with E-state index in [0.717, 1.165) is 90.8 Å². The van der Waals surface area contributed by atoms with Crippen LogP contribution in [0.25, 0.3) is 11.1 Å². The van der Waals surface area contributed by atoms with Gasteiger partial charge < -0.3 is 29.9 Å². The van der Waals surface area contributed by atoms with Crippen LogP contribution < -0.4 is 15.0 Å². The van der Waals surface area contributed by atoms with Crippen molar-refractivity contribution in [2.45, 2.75) is 79.4 Å². The lowest BCUT2D eigenvalue weighted by Crippen LogP contribution is -2.39. The largest absolute Gasteiger partial charge is 0.493 e. The molecule has 0 aliphatic carbocycles. The Balaban J connectivity index is 0.000000930. The van der Waals surface area contributed by atoms with Gasteiger partial charge in [0.15, 0.2) is 0 Å². The third kappa shape index (κ3) is 11.3. The third-order valence-corrected chi connectivity index (χ3v) is 8.46. The fraction of sp³-hybridized carbons (Fsp3) is 0.526. The number of benzene rings is 2.